The summed E-state index contributed by atoms with van der Waals surface area (Å²) in [6.07, 6.45) is 3.07. The fourth-order valence-electron chi connectivity index (χ4n) is 4.86. The molecule has 2 fully saturated rings. The summed E-state index contributed by atoms with van der Waals surface area (Å²) in [7, 11) is 0. The van der Waals surface area contributed by atoms with E-state index in [2.05, 4.69) is 33.0 Å². The van der Waals surface area contributed by atoms with Crippen LogP contribution in [0.4, 0.5) is 0 Å². The smallest absolute Gasteiger partial charge is 0.266 e. The largest absolute Gasteiger partial charge is 0.367 e. The van der Waals surface area contributed by atoms with Gasteiger partial charge in [-0.2, -0.15) is 0 Å². The molecule has 1 spiro atoms. The van der Waals surface area contributed by atoms with Crippen LogP contribution in [0.5, 0.6) is 0 Å². The second-order valence-electron chi connectivity index (χ2n) is 8.69. The summed E-state index contributed by atoms with van der Waals surface area (Å²) < 4.78 is 6.39. The van der Waals surface area contributed by atoms with Crippen LogP contribution in [0, 0.1) is 0 Å². The van der Waals surface area contributed by atoms with Gasteiger partial charge in [0.2, 0.25) is 5.60 Å². The Hall–Kier alpha value is -1.14. The zero-order valence-corrected chi connectivity index (χ0v) is 16.0. The lowest BCUT2D eigenvalue weighted by Crippen LogP contribution is -2.67. The van der Waals surface area contributed by atoms with Gasteiger partial charge in [0.25, 0.3) is 11.8 Å². The number of amides is 2. The SMILES string of the molecule is CCCN1C(=O)C(CCC)(C(N)=O)OC12CC(C)(C)NC(C)(C)C2. The van der Waals surface area contributed by atoms with Gasteiger partial charge in [-0.1, -0.05) is 20.3 Å². The van der Waals surface area contributed by atoms with Crippen LogP contribution in [0.1, 0.15) is 73.6 Å². The van der Waals surface area contributed by atoms with Crippen molar-refractivity contribution >= 4 is 11.8 Å². The van der Waals surface area contributed by atoms with E-state index in [-0.39, 0.29) is 17.0 Å². The first-order valence-corrected chi connectivity index (χ1v) is 9.05. The monoisotopic (exact) mass is 339 g/mol. The fraction of sp³-hybridized carbons (Fsp3) is 0.889. The van der Waals surface area contributed by atoms with Crippen LogP contribution in [0.3, 0.4) is 0 Å². The summed E-state index contributed by atoms with van der Waals surface area (Å²) in [6.45, 7) is 13.0. The van der Waals surface area contributed by atoms with Gasteiger partial charge < -0.3 is 20.7 Å². The standard InChI is InChI=1S/C18H33N3O3/c1-7-9-18(13(19)22)14(23)21(10-8-2)17(24-18)11-15(3,4)20-16(5,6)12-17/h20H,7-12H2,1-6H3,(H2,19,22). The molecule has 0 aliphatic carbocycles. The van der Waals surface area contributed by atoms with Crippen molar-refractivity contribution in [3.8, 4) is 0 Å². The van der Waals surface area contributed by atoms with Crippen molar-refractivity contribution in [2.45, 2.75) is 96.1 Å². The summed E-state index contributed by atoms with van der Waals surface area (Å²) in [6, 6.07) is 0. The number of ether oxygens (including phenoxy) is 1. The number of nitrogens with one attached hydrogen (secondary N) is 1. The van der Waals surface area contributed by atoms with E-state index in [1.807, 2.05) is 13.8 Å². The van der Waals surface area contributed by atoms with Crippen LogP contribution >= 0.6 is 0 Å². The third-order valence-electron chi connectivity index (χ3n) is 5.01. The number of hydrogen-bond acceptors (Lipinski definition) is 4. The van der Waals surface area contributed by atoms with Crippen molar-refractivity contribution < 1.29 is 14.3 Å². The van der Waals surface area contributed by atoms with Crippen molar-refractivity contribution in [2.24, 2.45) is 5.73 Å². The Bertz CT molecular complexity index is 514. The van der Waals surface area contributed by atoms with Crippen LogP contribution in [0.15, 0.2) is 0 Å². The van der Waals surface area contributed by atoms with Crippen molar-refractivity contribution in [1.29, 1.82) is 0 Å². The highest BCUT2D eigenvalue weighted by Gasteiger charge is 2.66. The van der Waals surface area contributed by atoms with E-state index >= 15 is 0 Å². The lowest BCUT2D eigenvalue weighted by Gasteiger charge is -2.53. The number of carbonyl (C=O) groups is 2. The van der Waals surface area contributed by atoms with E-state index in [9.17, 15) is 9.59 Å². The lowest BCUT2D eigenvalue weighted by molar-refractivity contribution is -0.190. The number of carbonyl (C=O) groups excluding carboxylic acids is 2. The average molecular weight is 339 g/mol. The van der Waals surface area contributed by atoms with E-state index in [4.69, 9.17) is 10.5 Å². The van der Waals surface area contributed by atoms with E-state index < -0.39 is 17.2 Å². The molecule has 3 N–H and O–H groups in total. The second kappa shape index (κ2) is 5.99. The summed E-state index contributed by atoms with van der Waals surface area (Å²) >= 11 is 0. The molecule has 2 rings (SSSR count). The topological polar surface area (TPSA) is 84.7 Å². The van der Waals surface area contributed by atoms with Gasteiger partial charge >= 0.3 is 0 Å². The lowest BCUT2D eigenvalue weighted by atomic mass is 9.76. The molecule has 2 saturated heterocycles. The summed E-state index contributed by atoms with van der Waals surface area (Å²) in [4.78, 5) is 27.3. The molecule has 0 aromatic heterocycles. The van der Waals surface area contributed by atoms with Crippen molar-refractivity contribution in [2.75, 3.05) is 6.54 Å². The van der Waals surface area contributed by atoms with Gasteiger partial charge in [-0.05, 0) is 40.5 Å². The molecule has 0 radical (unpaired) electrons. The van der Waals surface area contributed by atoms with Crippen LogP contribution in [0.25, 0.3) is 0 Å². The Labute approximate surface area is 145 Å². The molecule has 1 atom stereocenters. The molecule has 1 unspecified atom stereocenters. The molecule has 0 saturated carbocycles. The van der Waals surface area contributed by atoms with Crippen LogP contribution < -0.4 is 11.1 Å². The normalized spacial score (nSPS) is 30.8. The molecule has 2 aliphatic rings. The number of piperidine rings is 1. The van der Waals surface area contributed by atoms with Crippen molar-refractivity contribution in [1.82, 2.24) is 10.2 Å². The van der Waals surface area contributed by atoms with Crippen LogP contribution in [-0.2, 0) is 14.3 Å². The van der Waals surface area contributed by atoms with E-state index in [0.717, 1.165) is 6.42 Å². The van der Waals surface area contributed by atoms with Gasteiger partial charge in [0.05, 0.1) is 0 Å². The highest BCUT2D eigenvalue weighted by atomic mass is 16.6. The first-order chi connectivity index (χ1) is 10.9. The first-order valence-electron chi connectivity index (χ1n) is 9.05. The van der Waals surface area contributed by atoms with E-state index in [0.29, 0.717) is 32.2 Å². The molecule has 138 valence electrons. The molecule has 24 heavy (non-hydrogen) atoms. The van der Waals surface area contributed by atoms with E-state index in [1.165, 1.54) is 0 Å². The summed E-state index contributed by atoms with van der Waals surface area (Å²) in [5.41, 5.74) is 2.93. The zero-order valence-electron chi connectivity index (χ0n) is 16.0. The Morgan fingerprint density at radius 2 is 1.71 bits per heavy atom. The van der Waals surface area contributed by atoms with Gasteiger partial charge in [0.1, 0.15) is 5.72 Å². The van der Waals surface area contributed by atoms with Gasteiger partial charge in [-0.25, -0.2) is 0 Å². The Morgan fingerprint density at radius 1 is 1.17 bits per heavy atom. The molecule has 2 amide bonds. The van der Waals surface area contributed by atoms with E-state index in [1.54, 1.807) is 4.90 Å². The second-order valence-corrected chi connectivity index (χ2v) is 8.69. The molecule has 2 heterocycles. The van der Waals surface area contributed by atoms with Crippen molar-refractivity contribution in [3.05, 3.63) is 0 Å². The Balaban J connectivity index is 2.54. The highest BCUT2D eigenvalue weighted by Crippen LogP contribution is 2.49. The minimum absolute atomic E-state index is 0.214. The zero-order chi connectivity index (χ0) is 18.4. The Morgan fingerprint density at radius 3 is 2.12 bits per heavy atom. The van der Waals surface area contributed by atoms with Gasteiger partial charge in [0.15, 0.2) is 0 Å². The Kier molecular flexibility index (Phi) is 4.79. The molecule has 6 nitrogen and oxygen atoms in total. The number of primary amides is 1. The third-order valence-corrected chi connectivity index (χ3v) is 5.01. The predicted molar refractivity (Wildman–Crippen MR) is 93.2 cm³/mol. The minimum atomic E-state index is -1.52. The van der Waals surface area contributed by atoms with Crippen LogP contribution in [-0.4, -0.2) is 45.7 Å². The predicted octanol–water partition coefficient (Wildman–Crippen LogP) is 1.92. The van der Waals surface area contributed by atoms with Gasteiger partial charge in [-0.15, -0.1) is 0 Å². The number of rotatable bonds is 5. The average Bonchev–Trinajstić information content (AvgIpc) is 2.58. The summed E-state index contributed by atoms with van der Waals surface area (Å²) in [5.74, 6) is -0.923. The fourth-order valence-corrected chi connectivity index (χ4v) is 4.86. The van der Waals surface area contributed by atoms with Crippen LogP contribution in [0.2, 0.25) is 0 Å². The molecular formula is C18H33N3O3. The molecule has 2 aliphatic heterocycles. The number of hydrogen-bond donors (Lipinski definition) is 2. The maximum atomic E-state index is 13.2. The summed E-state index contributed by atoms with van der Waals surface area (Å²) in [5, 5.41) is 3.62. The quantitative estimate of drug-likeness (QED) is 0.750. The highest BCUT2D eigenvalue weighted by molar-refractivity contribution is 6.09. The minimum Gasteiger partial charge on any atom is -0.367 e. The maximum absolute atomic E-state index is 13.2. The maximum Gasteiger partial charge on any atom is 0.266 e. The first kappa shape index (κ1) is 19.2. The molecule has 0 bridgehead atoms. The van der Waals surface area contributed by atoms with Crippen molar-refractivity contribution in [3.63, 3.8) is 0 Å². The molecule has 0 aromatic rings. The molecular weight excluding hydrogens is 306 g/mol. The third kappa shape index (κ3) is 3.06. The molecule has 6 heteroatoms. The molecule has 0 aromatic carbocycles. The number of nitrogens with two attached hydrogens (primary N) is 1. The van der Waals surface area contributed by atoms with Gasteiger partial charge in [0, 0.05) is 30.5 Å². The van der Waals surface area contributed by atoms with Gasteiger partial charge in [-0.3, -0.25) is 9.59 Å². The number of nitrogens with zero attached hydrogens (tertiary/aromatic N) is 1.